The number of ether oxygens (including phenoxy) is 3. The summed E-state index contributed by atoms with van der Waals surface area (Å²) in [7, 11) is 0. The minimum Gasteiger partial charge on any atom is -0.462 e. The van der Waals surface area contributed by atoms with Gasteiger partial charge in [0.05, 0.1) is 0 Å². The largest absolute Gasteiger partial charge is 0.462 e. The van der Waals surface area contributed by atoms with Gasteiger partial charge in [0.1, 0.15) is 13.2 Å². The molecule has 0 amide bonds. The molecule has 0 aromatic heterocycles. The molecule has 0 saturated carbocycles. The molecule has 0 aromatic carbocycles. The van der Waals surface area contributed by atoms with Crippen molar-refractivity contribution in [1.29, 1.82) is 0 Å². The molecule has 0 heterocycles. The van der Waals surface area contributed by atoms with Gasteiger partial charge in [-0.15, -0.1) is 0 Å². The highest BCUT2D eigenvalue weighted by Gasteiger charge is 2.19. The quantitative estimate of drug-likeness (QED) is 0.0199. The van der Waals surface area contributed by atoms with E-state index in [1.54, 1.807) is 0 Å². The first-order valence-electron chi connectivity index (χ1n) is 26.4. The number of unbranched alkanes of at least 4 members (excludes halogenated alkanes) is 14. The smallest absolute Gasteiger partial charge is 0.306 e. The zero-order valence-corrected chi connectivity index (χ0v) is 42.6. The summed E-state index contributed by atoms with van der Waals surface area (Å²) in [6.07, 6.45) is 77.0. The van der Waals surface area contributed by atoms with Crippen LogP contribution in [0.4, 0.5) is 0 Å². The Kier molecular flexibility index (Phi) is 50.1. The van der Waals surface area contributed by atoms with E-state index in [2.05, 4.69) is 112 Å². The van der Waals surface area contributed by atoms with Gasteiger partial charge in [0.2, 0.25) is 0 Å². The van der Waals surface area contributed by atoms with E-state index >= 15 is 0 Å². The molecule has 0 spiro atoms. The van der Waals surface area contributed by atoms with Crippen LogP contribution in [-0.2, 0) is 28.6 Å². The Labute approximate surface area is 410 Å². The Morgan fingerprint density at radius 1 is 0.328 bits per heavy atom. The van der Waals surface area contributed by atoms with Gasteiger partial charge in [-0.2, -0.15) is 0 Å². The van der Waals surface area contributed by atoms with E-state index in [0.29, 0.717) is 19.3 Å². The molecule has 374 valence electrons. The van der Waals surface area contributed by atoms with Gasteiger partial charge in [-0.3, -0.25) is 14.4 Å². The van der Waals surface area contributed by atoms with E-state index in [-0.39, 0.29) is 38.0 Å². The molecule has 6 heteroatoms. The zero-order chi connectivity index (χ0) is 48.6. The Hall–Kier alpha value is -4.71. The topological polar surface area (TPSA) is 78.9 Å². The Morgan fingerprint density at radius 2 is 0.672 bits per heavy atom. The summed E-state index contributed by atoms with van der Waals surface area (Å²) in [5, 5.41) is 0. The van der Waals surface area contributed by atoms with Crippen molar-refractivity contribution in [2.45, 2.75) is 207 Å². The number of allylic oxidation sites excluding steroid dienone is 24. The maximum atomic E-state index is 12.8. The van der Waals surface area contributed by atoms with E-state index < -0.39 is 12.1 Å². The third-order valence-electron chi connectivity index (χ3n) is 10.4. The minimum absolute atomic E-state index is 0.131. The van der Waals surface area contributed by atoms with Crippen molar-refractivity contribution >= 4 is 17.9 Å². The number of rotatable bonds is 45. The van der Waals surface area contributed by atoms with E-state index in [9.17, 15) is 14.4 Å². The van der Waals surface area contributed by atoms with Crippen LogP contribution in [0.5, 0.6) is 0 Å². The second kappa shape index (κ2) is 53.9. The van der Waals surface area contributed by atoms with Gasteiger partial charge in [0, 0.05) is 19.3 Å². The van der Waals surface area contributed by atoms with Crippen LogP contribution in [0.15, 0.2) is 146 Å². The number of carbonyl (C=O) groups is 3. The summed E-state index contributed by atoms with van der Waals surface area (Å²) < 4.78 is 16.7. The number of esters is 3. The predicted octanol–water partition coefficient (Wildman–Crippen LogP) is 17.6. The van der Waals surface area contributed by atoms with Crippen molar-refractivity contribution in [1.82, 2.24) is 0 Å². The molecular formula is C61H94O6. The van der Waals surface area contributed by atoms with Crippen molar-refractivity contribution in [3.05, 3.63) is 146 Å². The van der Waals surface area contributed by atoms with Gasteiger partial charge < -0.3 is 14.2 Å². The SMILES string of the molecule is CC\C=C/C=C\C=C/C=C\C=C/CCCC(=O)OCC(COC(=O)CCCCCCCCCCC/C=C\C/C=C\C/C=C\CC)OC(=O)CCC/C=C\C/C=C\C/C=C\C/C=C\CCCCC. The lowest BCUT2D eigenvalue weighted by Crippen LogP contribution is -2.30. The van der Waals surface area contributed by atoms with E-state index in [0.717, 1.165) is 83.5 Å². The molecule has 0 rings (SSSR count). The fourth-order valence-corrected chi connectivity index (χ4v) is 6.54. The summed E-state index contributed by atoms with van der Waals surface area (Å²) in [6, 6.07) is 0. The Balaban J connectivity index is 4.57. The van der Waals surface area contributed by atoms with Crippen molar-refractivity contribution in [2.75, 3.05) is 13.2 Å². The van der Waals surface area contributed by atoms with Crippen LogP contribution in [0, 0.1) is 0 Å². The molecule has 1 unspecified atom stereocenters. The van der Waals surface area contributed by atoms with E-state index in [1.807, 2.05) is 54.7 Å². The molecular weight excluding hydrogens is 829 g/mol. The number of carbonyl (C=O) groups excluding carboxylic acids is 3. The Bertz CT molecular complexity index is 1530. The first kappa shape index (κ1) is 62.3. The fourth-order valence-electron chi connectivity index (χ4n) is 6.54. The summed E-state index contributed by atoms with van der Waals surface area (Å²) in [6.45, 7) is 6.22. The molecule has 67 heavy (non-hydrogen) atoms. The minimum atomic E-state index is -0.844. The highest BCUT2D eigenvalue weighted by molar-refractivity contribution is 5.71. The van der Waals surface area contributed by atoms with Crippen molar-refractivity contribution in [2.24, 2.45) is 0 Å². The molecule has 0 aliphatic rings. The van der Waals surface area contributed by atoms with Crippen LogP contribution < -0.4 is 0 Å². The molecule has 1 atom stereocenters. The number of hydrogen-bond donors (Lipinski definition) is 0. The van der Waals surface area contributed by atoms with Gasteiger partial charge in [-0.25, -0.2) is 0 Å². The third kappa shape index (κ3) is 52.1. The van der Waals surface area contributed by atoms with Crippen LogP contribution in [-0.4, -0.2) is 37.2 Å². The lowest BCUT2D eigenvalue weighted by Gasteiger charge is -2.18. The fraction of sp³-hybridized carbons (Fsp3) is 0.557. The molecule has 0 fully saturated rings. The molecule has 0 bridgehead atoms. The van der Waals surface area contributed by atoms with Gasteiger partial charge in [-0.05, 0) is 103 Å². The zero-order valence-electron chi connectivity index (χ0n) is 42.6. The standard InChI is InChI=1S/C61H94O6/c1-4-7-10-13-16-19-22-25-27-29-30-32-33-36-39-42-45-48-51-54-60(63)66-57-58(56-65-59(62)53-50-47-44-41-38-35-24-21-18-15-12-9-6-3)67-61(64)55-52-49-46-43-40-37-34-31-28-26-23-20-17-14-11-8-5-2/h7,9-10,12,15-21,24-28,34-35,37-38,41,43-44,46,58H,4-6,8,11,13-14,22-23,29-33,36,39-40,42,45,47-57H2,1-3H3/b10-7-,12-9-,18-15-,19-16-,20-17-,24-21-,27-25-,28-26-,37-34-,38-35-,44-41-,46-43-. The van der Waals surface area contributed by atoms with Gasteiger partial charge >= 0.3 is 17.9 Å². The summed E-state index contributed by atoms with van der Waals surface area (Å²) >= 11 is 0. The average Bonchev–Trinajstić information content (AvgIpc) is 3.33. The van der Waals surface area contributed by atoms with Crippen LogP contribution >= 0.6 is 0 Å². The van der Waals surface area contributed by atoms with Gasteiger partial charge in [-0.1, -0.05) is 224 Å². The van der Waals surface area contributed by atoms with E-state index in [1.165, 1.54) is 64.2 Å². The normalized spacial score (nSPS) is 13.3. The lowest BCUT2D eigenvalue weighted by atomic mass is 10.1. The maximum Gasteiger partial charge on any atom is 0.306 e. The van der Waals surface area contributed by atoms with Gasteiger partial charge in [0.15, 0.2) is 6.10 Å². The highest BCUT2D eigenvalue weighted by Crippen LogP contribution is 2.13. The van der Waals surface area contributed by atoms with Crippen LogP contribution in [0.3, 0.4) is 0 Å². The first-order chi connectivity index (χ1) is 33.0. The Morgan fingerprint density at radius 3 is 1.15 bits per heavy atom. The summed E-state index contributed by atoms with van der Waals surface area (Å²) in [4.78, 5) is 38.0. The van der Waals surface area contributed by atoms with Crippen molar-refractivity contribution < 1.29 is 28.6 Å². The first-order valence-corrected chi connectivity index (χ1v) is 26.4. The van der Waals surface area contributed by atoms with Gasteiger partial charge in [0.25, 0.3) is 0 Å². The predicted molar refractivity (Wildman–Crippen MR) is 288 cm³/mol. The maximum absolute atomic E-state index is 12.8. The summed E-state index contributed by atoms with van der Waals surface area (Å²) in [5.41, 5.74) is 0. The molecule has 0 N–H and O–H groups in total. The monoisotopic (exact) mass is 923 g/mol. The van der Waals surface area contributed by atoms with Crippen LogP contribution in [0.25, 0.3) is 0 Å². The van der Waals surface area contributed by atoms with E-state index in [4.69, 9.17) is 14.2 Å². The molecule has 6 nitrogen and oxygen atoms in total. The van der Waals surface area contributed by atoms with Crippen molar-refractivity contribution in [3.63, 3.8) is 0 Å². The summed E-state index contributed by atoms with van der Waals surface area (Å²) in [5.74, 6) is -1.08. The average molecular weight is 923 g/mol. The molecule has 0 saturated heterocycles. The van der Waals surface area contributed by atoms with Crippen LogP contribution in [0.2, 0.25) is 0 Å². The second-order valence-corrected chi connectivity index (χ2v) is 16.8. The molecule has 0 aliphatic heterocycles. The van der Waals surface area contributed by atoms with Crippen LogP contribution in [0.1, 0.15) is 201 Å². The second-order valence-electron chi connectivity index (χ2n) is 16.8. The lowest BCUT2D eigenvalue weighted by molar-refractivity contribution is -0.167. The molecule has 0 radical (unpaired) electrons. The number of hydrogen-bond acceptors (Lipinski definition) is 6. The highest BCUT2D eigenvalue weighted by atomic mass is 16.6. The molecule has 0 aliphatic carbocycles. The third-order valence-corrected chi connectivity index (χ3v) is 10.4. The van der Waals surface area contributed by atoms with Crippen molar-refractivity contribution in [3.8, 4) is 0 Å². The molecule has 0 aromatic rings.